The first-order valence-electron chi connectivity index (χ1n) is 4.62. The number of methoxy groups -OCH3 is 1. The lowest BCUT2D eigenvalue weighted by atomic mass is 10.1. The van der Waals surface area contributed by atoms with Crippen molar-refractivity contribution in [1.29, 1.82) is 0 Å². The quantitative estimate of drug-likeness (QED) is 0.724. The summed E-state index contributed by atoms with van der Waals surface area (Å²) in [7, 11) is 1.67. The summed E-state index contributed by atoms with van der Waals surface area (Å²) in [4.78, 5) is 0. The number of hydrogen-bond donors (Lipinski definition) is 0. The Morgan fingerprint density at radius 2 is 1.93 bits per heavy atom. The van der Waals surface area contributed by atoms with Crippen LogP contribution in [0.3, 0.4) is 0 Å². The average Bonchev–Trinajstić information content (AvgIpc) is 2.75. The summed E-state index contributed by atoms with van der Waals surface area (Å²) >= 11 is 11.9. The summed E-state index contributed by atoms with van der Waals surface area (Å²) in [6, 6.07) is 8.03. The van der Waals surface area contributed by atoms with E-state index in [1.165, 1.54) is 5.56 Å². The van der Waals surface area contributed by atoms with Crippen molar-refractivity contribution in [3.8, 4) is 5.75 Å². The third kappa shape index (κ3) is 2.15. The first-order valence-corrected chi connectivity index (χ1v) is 5.38. The molecule has 0 radical (unpaired) electrons. The minimum absolute atomic E-state index is 0.416. The van der Waals surface area contributed by atoms with Crippen LogP contribution in [0.25, 0.3) is 0 Å². The highest BCUT2D eigenvalue weighted by atomic mass is 35.5. The molecule has 1 fully saturated rings. The fraction of sp³-hybridized carbons (Fsp3) is 0.455. The van der Waals surface area contributed by atoms with Crippen LogP contribution < -0.4 is 4.74 Å². The zero-order chi connectivity index (χ0) is 10.2. The van der Waals surface area contributed by atoms with E-state index in [2.05, 4.69) is 12.1 Å². The molecule has 1 aromatic carbocycles. The van der Waals surface area contributed by atoms with Crippen LogP contribution in [0.5, 0.6) is 5.75 Å². The molecule has 3 heteroatoms. The van der Waals surface area contributed by atoms with Crippen LogP contribution in [-0.4, -0.2) is 11.4 Å². The zero-order valence-electron chi connectivity index (χ0n) is 7.97. The highest BCUT2D eigenvalue weighted by Crippen LogP contribution is 2.54. The Morgan fingerprint density at radius 1 is 1.36 bits per heavy atom. The van der Waals surface area contributed by atoms with Crippen molar-refractivity contribution in [1.82, 2.24) is 0 Å². The number of benzene rings is 1. The lowest BCUT2D eigenvalue weighted by Crippen LogP contribution is -1.95. The predicted octanol–water partition coefficient (Wildman–Crippen LogP) is 3.43. The summed E-state index contributed by atoms with van der Waals surface area (Å²) in [6.45, 7) is 0. The number of halogens is 2. The molecule has 1 atom stereocenters. The van der Waals surface area contributed by atoms with Crippen LogP contribution in [0.1, 0.15) is 12.0 Å². The van der Waals surface area contributed by atoms with Gasteiger partial charge >= 0.3 is 0 Å². The molecule has 1 nitrogen and oxygen atoms in total. The third-order valence-electron chi connectivity index (χ3n) is 2.60. The van der Waals surface area contributed by atoms with Gasteiger partial charge in [-0.25, -0.2) is 0 Å². The molecule has 1 aliphatic rings. The number of alkyl halides is 2. The molecule has 0 bridgehead atoms. The van der Waals surface area contributed by atoms with E-state index in [4.69, 9.17) is 27.9 Å². The Hall–Kier alpha value is -0.400. The molecular formula is C11H12Cl2O. The van der Waals surface area contributed by atoms with E-state index < -0.39 is 4.33 Å². The Balaban J connectivity index is 1.98. The van der Waals surface area contributed by atoms with Crippen LogP contribution >= 0.6 is 23.2 Å². The minimum Gasteiger partial charge on any atom is -0.497 e. The number of ether oxygens (including phenoxy) is 1. The summed E-state index contributed by atoms with van der Waals surface area (Å²) in [5.41, 5.74) is 1.26. The lowest BCUT2D eigenvalue weighted by molar-refractivity contribution is 0.414. The van der Waals surface area contributed by atoms with Crippen LogP contribution in [0, 0.1) is 5.92 Å². The highest BCUT2D eigenvalue weighted by Gasteiger charge is 2.51. The fourth-order valence-electron chi connectivity index (χ4n) is 1.54. The molecule has 0 N–H and O–H groups in total. The molecule has 0 aromatic heterocycles. The fourth-order valence-corrected chi connectivity index (χ4v) is 2.06. The molecule has 2 rings (SSSR count). The molecule has 14 heavy (non-hydrogen) atoms. The molecule has 1 saturated carbocycles. The molecule has 0 aliphatic heterocycles. The SMILES string of the molecule is COc1ccc(C[C@@H]2CC2(Cl)Cl)cc1. The summed E-state index contributed by atoms with van der Waals surface area (Å²) in [5.74, 6) is 1.30. The largest absolute Gasteiger partial charge is 0.497 e. The van der Waals surface area contributed by atoms with Crippen molar-refractivity contribution in [2.75, 3.05) is 7.11 Å². The van der Waals surface area contributed by atoms with Gasteiger partial charge in [-0.3, -0.25) is 0 Å². The van der Waals surface area contributed by atoms with Gasteiger partial charge in [0.1, 0.15) is 10.1 Å². The Morgan fingerprint density at radius 3 is 2.36 bits per heavy atom. The van der Waals surface area contributed by atoms with Crippen molar-refractivity contribution < 1.29 is 4.74 Å². The van der Waals surface area contributed by atoms with Gasteiger partial charge in [0.15, 0.2) is 0 Å². The molecule has 0 spiro atoms. The molecule has 0 saturated heterocycles. The van der Waals surface area contributed by atoms with E-state index >= 15 is 0 Å². The number of rotatable bonds is 3. The Kier molecular flexibility index (Phi) is 2.63. The third-order valence-corrected chi connectivity index (χ3v) is 3.52. The maximum absolute atomic E-state index is 5.96. The van der Waals surface area contributed by atoms with E-state index in [0.29, 0.717) is 5.92 Å². The second-order valence-electron chi connectivity index (χ2n) is 3.71. The molecule has 1 aromatic rings. The Labute approximate surface area is 94.0 Å². The first-order chi connectivity index (χ1) is 6.62. The van der Waals surface area contributed by atoms with Crippen molar-refractivity contribution >= 4 is 23.2 Å². The van der Waals surface area contributed by atoms with Crippen molar-refractivity contribution in [3.05, 3.63) is 29.8 Å². The summed E-state index contributed by atoms with van der Waals surface area (Å²) < 4.78 is 4.61. The van der Waals surface area contributed by atoms with Gasteiger partial charge in [0.05, 0.1) is 7.11 Å². The van der Waals surface area contributed by atoms with E-state index in [-0.39, 0.29) is 0 Å². The van der Waals surface area contributed by atoms with Gasteiger partial charge in [-0.15, -0.1) is 23.2 Å². The molecule has 0 unspecified atom stereocenters. The number of hydrogen-bond acceptors (Lipinski definition) is 1. The maximum atomic E-state index is 5.96. The first kappa shape index (κ1) is 10.1. The summed E-state index contributed by atoms with van der Waals surface area (Å²) in [6.07, 6.45) is 1.86. The average molecular weight is 231 g/mol. The Bertz CT molecular complexity index is 319. The van der Waals surface area contributed by atoms with Crippen LogP contribution in [0.15, 0.2) is 24.3 Å². The van der Waals surface area contributed by atoms with Gasteiger partial charge in [0, 0.05) is 0 Å². The van der Waals surface area contributed by atoms with E-state index in [1.54, 1.807) is 7.11 Å². The molecule has 0 amide bonds. The van der Waals surface area contributed by atoms with Crippen LogP contribution in [0.4, 0.5) is 0 Å². The highest BCUT2D eigenvalue weighted by molar-refractivity contribution is 6.50. The summed E-state index contributed by atoms with van der Waals surface area (Å²) in [5, 5.41) is 0. The molecule has 76 valence electrons. The smallest absolute Gasteiger partial charge is 0.121 e. The van der Waals surface area contributed by atoms with Gasteiger partial charge in [-0.1, -0.05) is 12.1 Å². The predicted molar refractivity (Wildman–Crippen MR) is 59.2 cm³/mol. The van der Waals surface area contributed by atoms with Crippen molar-refractivity contribution in [3.63, 3.8) is 0 Å². The molecule has 1 aliphatic carbocycles. The molecule has 0 heterocycles. The van der Waals surface area contributed by atoms with Gasteiger partial charge in [-0.2, -0.15) is 0 Å². The maximum Gasteiger partial charge on any atom is 0.121 e. The minimum atomic E-state index is -0.472. The van der Waals surface area contributed by atoms with Gasteiger partial charge in [0.2, 0.25) is 0 Å². The van der Waals surface area contributed by atoms with E-state index in [1.807, 2.05) is 12.1 Å². The van der Waals surface area contributed by atoms with Crippen LogP contribution in [-0.2, 0) is 6.42 Å². The second kappa shape index (κ2) is 3.63. The van der Waals surface area contributed by atoms with Gasteiger partial charge in [0.25, 0.3) is 0 Å². The lowest BCUT2D eigenvalue weighted by Gasteiger charge is -2.03. The van der Waals surface area contributed by atoms with E-state index in [9.17, 15) is 0 Å². The van der Waals surface area contributed by atoms with Crippen LogP contribution in [0.2, 0.25) is 0 Å². The van der Waals surface area contributed by atoms with E-state index in [0.717, 1.165) is 18.6 Å². The monoisotopic (exact) mass is 230 g/mol. The topological polar surface area (TPSA) is 9.23 Å². The zero-order valence-corrected chi connectivity index (χ0v) is 9.48. The van der Waals surface area contributed by atoms with Gasteiger partial charge in [-0.05, 0) is 36.5 Å². The van der Waals surface area contributed by atoms with Crippen molar-refractivity contribution in [2.45, 2.75) is 17.2 Å². The van der Waals surface area contributed by atoms with Gasteiger partial charge < -0.3 is 4.74 Å². The second-order valence-corrected chi connectivity index (χ2v) is 5.26. The normalized spacial score (nSPS) is 23.2. The standard InChI is InChI=1S/C11H12Cl2O/c1-14-10-4-2-8(3-5-10)6-9-7-11(9,12)13/h2-5,9H,6-7H2,1H3/t9-/m1/s1. The van der Waals surface area contributed by atoms with Crippen molar-refractivity contribution in [2.24, 2.45) is 5.92 Å². The molecular weight excluding hydrogens is 219 g/mol.